The molecule has 2 heterocycles. The molecule has 1 aromatic carbocycles. The smallest absolute Gasteiger partial charge is 0.243 e. The van der Waals surface area contributed by atoms with E-state index in [9.17, 15) is 0 Å². The molecule has 3 rings (SSSR count). The van der Waals surface area contributed by atoms with E-state index >= 15 is 0 Å². The van der Waals surface area contributed by atoms with Gasteiger partial charge in [0.15, 0.2) is 5.82 Å². The second-order valence-corrected chi connectivity index (χ2v) is 5.84. The highest BCUT2D eigenvalue weighted by Crippen LogP contribution is 2.28. The minimum Gasteiger partial charge on any atom is -0.338 e. The molecule has 1 aliphatic rings. The van der Waals surface area contributed by atoms with Gasteiger partial charge in [-0.25, -0.2) is 0 Å². The van der Waals surface area contributed by atoms with Crippen molar-refractivity contribution in [2.45, 2.75) is 45.1 Å². The molecule has 1 fully saturated rings. The molecular weight excluding hydrogens is 262 g/mol. The second kappa shape index (κ2) is 6.85. The van der Waals surface area contributed by atoms with Crippen LogP contribution in [0.25, 0.3) is 0 Å². The highest BCUT2D eigenvalue weighted by atomic mass is 16.5. The van der Waals surface area contributed by atoms with Gasteiger partial charge in [0.2, 0.25) is 5.89 Å². The summed E-state index contributed by atoms with van der Waals surface area (Å²) < 4.78 is 5.46. The molecule has 2 atom stereocenters. The van der Waals surface area contributed by atoms with Gasteiger partial charge in [-0.3, -0.25) is 0 Å². The van der Waals surface area contributed by atoms with Crippen molar-refractivity contribution in [2.24, 2.45) is 5.92 Å². The summed E-state index contributed by atoms with van der Waals surface area (Å²) in [6.45, 7) is 3.30. The van der Waals surface area contributed by atoms with Gasteiger partial charge in [0.1, 0.15) is 0 Å². The molecule has 0 aliphatic carbocycles. The maximum Gasteiger partial charge on any atom is 0.243 e. The standard InChI is InChI=1S/C17H23N3O/c1-2-13-10-11-18-15(12-13)17-19-16(20-21-17)9-8-14-6-4-3-5-7-14/h3-7,13,15,18H,2,8-12H2,1H3. The summed E-state index contributed by atoms with van der Waals surface area (Å²) in [5, 5.41) is 7.62. The largest absolute Gasteiger partial charge is 0.338 e. The molecule has 4 nitrogen and oxygen atoms in total. The number of benzene rings is 1. The average molecular weight is 285 g/mol. The SMILES string of the molecule is CCC1CCNC(c2nc(CCc3ccccc3)no2)C1. The van der Waals surface area contributed by atoms with Crippen molar-refractivity contribution in [3.63, 3.8) is 0 Å². The van der Waals surface area contributed by atoms with Gasteiger partial charge < -0.3 is 9.84 Å². The molecule has 0 saturated carbocycles. The third kappa shape index (κ3) is 3.70. The van der Waals surface area contributed by atoms with Crippen LogP contribution in [0.5, 0.6) is 0 Å². The van der Waals surface area contributed by atoms with E-state index in [4.69, 9.17) is 4.52 Å². The lowest BCUT2D eigenvalue weighted by atomic mass is 9.90. The average Bonchev–Trinajstić information content (AvgIpc) is 3.03. The minimum atomic E-state index is 0.238. The van der Waals surface area contributed by atoms with Crippen LogP contribution in [0.15, 0.2) is 34.9 Å². The van der Waals surface area contributed by atoms with Crippen LogP contribution in [0.2, 0.25) is 0 Å². The summed E-state index contributed by atoms with van der Waals surface area (Å²) in [6, 6.07) is 10.7. The van der Waals surface area contributed by atoms with Crippen LogP contribution in [0.3, 0.4) is 0 Å². The van der Waals surface area contributed by atoms with Crippen molar-refractivity contribution in [1.82, 2.24) is 15.5 Å². The zero-order chi connectivity index (χ0) is 14.5. The van der Waals surface area contributed by atoms with Crippen molar-refractivity contribution < 1.29 is 4.52 Å². The lowest BCUT2D eigenvalue weighted by Crippen LogP contribution is -2.31. The first-order chi connectivity index (χ1) is 10.3. The molecule has 4 heteroatoms. The molecule has 0 spiro atoms. The van der Waals surface area contributed by atoms with E-state index in [1.54, 1.807) is 0 Å². The molecule has 2 aromatic rings. The quantitative estimate of drug-likeness (QED) is 0.915. The summed E-state index contributed by atoms with van der Waals surface area (Å²) >= 11 is 0. The van der Waals surface area contributed by atoms with Gasteiger partial charge in [0.05, 0.1) is 6.04 Å². The number of nitrogens with one attached hydrogen (secondary N) is 1. The zero-order valence-corrected chi connectivity index (χ0v) is 12.6. The Bertz CT molecular complexity index is 552. The molecule has 0 bridgehead atoms. The summed E-state index contributed by atoms with van der Waals surface area (Å²) in [5.41, 5.74) is 1.31. The number of rotatable bonds is 5. The van der Waals surface area contributed by atoms with E-state index in [1.807, 2.05) is 6.07 Å². The van der Waals surface area contributed by atoms with Crippen molar-refractivity contribution in [3.8, 4) is 0 Å². The van der Waals surface area contributed by atoms with Crippen LogP contribution in [0.1, 0.15) is 49.5 Å². The Morgan fingerprint density at radius 2 is 2.10 bits per heavy atom. The Balaban J connectivity index is 1.58. The highest BCUT2D eigenvalue weighted by Gasteiger charge is 2.25. The third-order valence-corrected chi connectivity index (χ3v) is 4.35. The molecule has 0 amide bonds. The lowest BCUT2D eigenvalue weighted by Gasteiger charge is -2.27. The van der Waals surface area contributed by atoms with E-state index in [0.717, 1.165) is 43.4 Å². The molecule has 1 aliphatic heterocycles. The van der Waals surface area contributed by atoms with Crippen LogP contribution in [-0.2, 0) is 12.8 Å². The monoisotopic (exact) mass is 285 g/mol. The Labute approximate surface area is 126 Å². The van der Waals surface area contributed by atoms with Gasteiger partial charge in [0.25, 0.3) is 0 Å². The van der Waals surface area contributed by atoms with Gasteiger partial charge in [0, 0.05) is 6.42 Å². The summed E-state index contributed by atoms with van der Waals surface area (Å²) in [5.74, 6) is 2.35. The van der Waals surface area contributed by atoms with Crippen molar-refractivity contribution in [1.29, 1.82) is 0 Å². The van der Waals surface area contributed by atoms with Crippen LogP contribution in [0.4, 0.5) is 0 Å². The van der Waals surface area contributed by atoms with Crippen molar-refractivity contribution >= 4 is 0 Å². The fourth-order valence-electron chi connectivity index (χ4n) is 2.97. The number of hydrogen-bond acceptors (Lipinski definition) is 4. The Morgan fingerprint density at radius 3 is 2.90 bits per heavy atom. The molecular formula is C17H23N3O. The fourth-order valence-corrected chi connectivity index (χ4v) is 2.97. The number of piperidine rings is 1. The first-order valence-corrected chi connectivity index (χ1v) is 7.95. The van der Waals surface area contributed by atoms with Gasteiger partial charge in [-0.05, 0) is 37.3 Å². The first-order valence-electron chi connectivity index (χ1n) is 7.95. The topological polar surface area (TPSA) is 51.0 Å². The number of nitrogens with zero attached hydrogens (tertiary/aromatic N) is 2. The Morgan fingerprint density at radius 1 is 1.24 bits per heavy atom. The first kappa shape index (κ1) is 14.3. The number of hydrogen-bond donors (Lipinski definition) is 1. The van der Waals surface area contributed by atoms with E-state index < -0.39 is 0 Å². The summed E-state index contributed by atoms with van der Waals surface area (Å²) in [4.78, 5) is 4.58. The predicted molar refractivity (Wildman–Crippen MR) is 81.9 cm³/mol. The minimum absolute atomic E-state index is 0.238. The Kier molecular flexibility index (Phi) is 4.65. The Hall–Kier alpha value is -1.68. The van der Waals surface area contributed by atoms with E-state index in [2.05, 4.69) is 46.6 Å². The van der Waals surface area contributed by atoms with Gasteiger partial charge >= 0.3 is 0 Å². The predicted octanol–water partition coefficient (Wildman–Crippen LogP) is 3.31. The number of aryl methyl sites for hydroxylation is 2. The molecule has 0 radical (unpaired) electrons. The molecule has 1 N–H and O–H groups in total. The van der Waals surface area contributed by atoms with Crippen molar-refractivity contribution in [3.05, 3.63) is 47.6 Å². The normalized spacial score (nSPS) is 22.3. The van der Waals surface area contributed by atoms with Gasteiger partial charge in [-0.1, -0.05) is 48.8 Å². The van der Waals surface area contributed by atoms with E-state index in [1.165, 1.54) is 18.4 Å². The summed E-state index contributed by atoms with van der Waals surface area (Å²) in [6.07, 6.45) is 5.37. The highest BCUT2D eigenvalue weighted by molar-refractivity contribution is 5.15. The maximum atomic E-state index is 5.46. The van der Waals surface area contributed by atoms with E-state index in [-0.39, 0.29) is 6.04 Å². The van der Waals surface area contributed by atoms with E-state index in [0.29, 0.717) is 0 Å². The molecule has 21 heavy (non-hydrogen) atoms. The van der Waals surface area contributed by atoms with Crippen LogP contribution >= 0.6 is 0 Å². The van der Waals surface area contributed by atoms with Gasteiger partial charge in [-0.2, -0.15) is 4.98 Å². The lowest BCUT2D eigenvalue weighted by molar-refractivity contribution is 0.245. The third-order valence-electron chi connectivity index (χ3n) is 4.35. The second-order valence-electron chi connectivity index (χ2n) is 5.84. The molecule has 1 saturated heterocycles. The fraction of sp³-hybridized carbons (Fsp3) is 0.529. The summed E-state index contributed by atoms with van der Waals surface area (Å²) in [7, 11) is 0. The van der Waals surface area contributed by atoms with Crippen LogP contribution < -0.4 is 5.32 Å². The molecule has 1 aromatic heterocycles. The van der Waals surface area contributed by atoms with Crippen LogP contribution in [-0.4, -0.2) is 16.7 Å². The van der Waals surface area contributed by atoms with Crippen LogP contribution in [0, 0.1) is 5.92 Å². The van der Waals surface area contributed by atoms with Gasteiger partial charge in [-0.15, -0.1) is 0 Å². The van der Waals surface area contributed by atoms with Crippen molar-refractivity contribution in [2.75, 3.05) is 6.54 Å². The zero-order valence-electron chi connectivity index (χ0n) is 12.6. The molecule has 112 valence electrons. The number of aromatic nitrogens is 2. The maximum absolute atomic E-state index is 5.46. The molecule has 2 unspecified atom stereocenters.